The molecular weight excluding hydrogens is 659 g/mol. The Kier molecular flexibility index (Phi) is 15.5. The number of rotatable bonds is 16. The maximum atomic E-state index is 11.2. The van der Waals surface area contributed by atoms with Crippen LogP contribution in [0.5, 0.6) is 0 Å². The Balaban J connectivity index is 0.000000289. The molecule has 0 amide bonds. The lowest BCUT2D eigenvalue weighted by Gasteiger charge is -2.12. The van der Waals surface area contributed by atoms with E-state index in [4.69, 9.17) is 0 Å². The first-order chi connectivity index (χ1) is 19.6. The number of hydrogen-bond acceptors (Lipinski definition) is 7. The Bertz CT molecular complexity index is 1310. The van der Waals surface area contributed by atoms with Crippen LogP contribution in [0.25, 0.3) is 0 Å². The number of nitrogens with zero attached hydrogens (tertiary/aromatic N) is 2. The molecule has 0 atom stereocenters. The summed E-state index contributed by atoms with van der Waals surface area (Å²) in [5.41, 5.74) is 0.752. The van der Waals surface area contributed by atoms with E-state index < -0.39 is 41.2 Å². The maximum Gasteiger partial charge on any atom is 0.358 e. The summed E-state index contributed by atoms with van der Waals surface area (Å²) in [6.07, 6.45) is 13.2. The Morgan fingerprint density at radius 2 is 1.12 bits per heavy atom. The van der Waals surface area contributed by atoms with Crippen molar-refractivity contribution in [1.82, 2.24) is 0 Å². The van der Waals surface area contributed by atoms with Gasteiger partial charge in [0.25, 0.3) is 11.4 Å². The maximum absolute atomic E-state index is 11.2. The molecule has 11 heteroatoms. The van der Waals surface area contributed by atoms with Gasteiger partial charge in [0.05, 0.1) is 26.9 Å². The molecule has 0 aromatic heterocycles. The largest absolute Gasteiger partial charge is 0.744 e. The summed E-state index contributed by atoms with van der Waals surface area (Å²) in [4.78, 5) is 20.4. The molecule has 0 aliphatic carbocycles. The van der Waals surface area contributed by atoms with Gasteiger partial charge < -0.3 is 4.55 Å². The van der Waals surface area contributed by atoms with E-state index >= 15 is 0 Å². The topological polar surface area (TPSA) is 143 Å². The average Bonchev–Trinajstić information content (AvgIpc) is 2.94. The van der Waals surface area contributed by atoms with Crippen molar-refractivity contribution in [2.75, 3.05) is 0 Å². The molecular formula is C30H37IN2O7S. The van der Waals surface area contributed by atoms with Gasteiger partial charge in [-0.1, -0.05) is 95.0 Å². The van der Waals surface area contributed by atoms with Crippen LogP contribution >= 0.6 is 0 Å². The molecule has 0 heterocycles. The molecule has 3 aromatic rings. The van der Waals surface area contributed by atoms with Gasteiger partial charge in [-0.05, 0) is 36.6 Å². The lowest BCUT2D eigenvalue weighted by atomic mass is 10.0. The third-order valence-corrected chi connectivity index (χ3v) is 9.82. The fourth-order valence-electron chi connectivity index (χ4n) is 4.18. The molecule has 0 aliphatic rings. The second-order valence-corrected chi connectivity index (χ2v) is 13.9. The van der Waals surface area contributed by atoms with E-state index in [0.29, 0.717) is 12.0 Å². The molecule has 222 valence electrons. The fourth-order valence-corrected chi connectivity index (χ4v) is 7.36. The number of aryl methyl sites for hydroxylation is 1. The van der Waals surface area contributed by atoms with Crippen LogP contribution in [0.15, 0.2) is 77.7 Å². The highest BCUT2D eigenvalue weighted by Gasteiger charge is 2.21. The van der Waals surface area contributed by atoms with E-state index in [2.05, 4.69) is 6.92 Å². The van der Waals surface area contributed by atoms with Gasteiger partial charge in [0.15, 0.2) is 0 Å². The molecule has 0 N–H and O–H groups in total. The quantitative estimate of drug-likeness (QED) is 0.0696. The molecule has 9 nitrogen and oxygen atoms in total. The number of nitro groups is 2. The summed E-state index contributed by atoms with van der Waals surface area (Å²) in [6, 6.07) is 19.3. The lowest BCUT2D eigenvalue weighted by Crippen LogP contribution is -3.61. The van der Waals surface area contributed by atoms with Crippen LogP contribution in [0.4, 0.5) is 11.4 Å². The first kappa shape index (κ1) is 34.3. The van der Waals surface area contributed by atoms with Crippen LogP contribution in [0.3, 0.4) is 0 Å². The minimum atomic E-state index is -4.35. The number of nitro benzene ring substituents is 2. The molecule has 0 bridgehead atoms. The van der Waals surface area contributed by atoms with Gasteiger partial charge in [0.1, 0.15) is 10.1 Å². The summed E-state index contributed by atoms with van der Waals surface area (Å²) in [7, 11) is -4.35. The Labute approximate surface area is 252 Å². The summed E-state index contributed by atoms with van der Waals surface area (Å²) >= 11 is -0.665. The third kappa shape index (κ3) is 13.5. The molecule has 0 saturated carbocycles. The normalized spacial score (nSPS) is 11.0. The second-order valence-electron chi connectivity index (χ2n) is 9.56. The zero-order chi connectivity index (χ0) is 30.1. The minimum Gasteiger partial charge on any atom is -0.744 e. The standard InChI is InChI=1S/C18H30O3S.C12H8IN2O4/c1-2-3-4-5-6-7-8-9-10-11-14-17-15-12-13-16-18(17)22(19,20)21;16-14(17)11-5-1-3-9(7-11)13-10-4-2-6-12(8-10)15(18)19/h12-13,15-16H,2-11,14H2,1H3,(H,19,20,21);1-8H/q;+1/p-1. The molecule has 41 heavy (non-hydrogen) atoms. The highest BCUT2D eigenvalue weighted by molar-refractivity contribution is 7.85. The van der Waals surface area contributed by atoms with E-state index in [9.17, 15) is 33.2 Å². The zero-order valence-corrected chi connectivity index (χ0v) is 26.2. The summed E-state index contributed by atoms with van der Waals surface area (Å²) in [6.45, 7) is 2.23. The predicted octanol–water partition coefficient (Wildman–Crippen LogP) is 4.69. The molecule has 0 unspecified atom stereocenters. The molecule has 3 aromatic carbocycles. The highest BCUT2D eigenvalue weighted by atomic mass is 127. The second kappa shape index (κ2) is 18.5. The average molecular weight is 697 g/mol. The van der Waals surface area contributed by atoms with E-state index in [1.54, 1.807) is 42.5 Å². The zero-order valence-electron chi connectivity index (χ0n) is 23.2. The number of hydrogen-bond donors (Lipinski definition) is 0. The molecule has 0 spiro atoms. The van der Waals surface area contributed by atoms with Crippen molar-refractivity contribution in [1.29, 1.82) is 0 Å². The van der Waals surface area contributed by atoms with Gasteiger partial charge in [-0.15, -0.1) is 0 Å². The molecule has 0 aliphatic heterocycles. The van der Waals surface area contributed by atoms with E-state index in [1.165, 1.54) is 81.7 Å². The first-order valence-electron chi connectivity index (χ1n) is 13.8. The van der Waals surface area contributed by atoms with E-state index in [-0.39, 0.29) is 16.3 Å². The van der Waals surface area contributed by atoms with Crippen LogP contribution in [0.2, 0.25) is 0 Å². The summed E-state index contributed by atoms with van der Waals surface area (Å²) < 4.78 is 35.3. The van der Waals surface area contributed by atoms with Crippen LogP contribution in [0, 0.1) is 27.4 Å². The van der Waals surface area contributed by atoms with Crippen molar-refractivity contribution in [3.63, 3.8) is 0 Å². The van der Waals surface area contributed by atoms with Crippen molar-refractivity contribution in [2.24, 2.45) is 0 Å². The number of benzene rings is 3. The van der Waals surface area contributed by atoms with E-state index in [0.717, 1.165) is 20.0 Å². The Morgan fingerprint density at radius 3 is 1.59 bits per heavy atom. The summed E-state index contributed by atoms with van der Waals surface area (Å²) in [5, 5.41) is 21.4. The van der Waals surface area contributed by atoms with Crippen LogP contribution < -0.4 is 21.2 Å². The van der Waals surface area contributed by atoms with Crippen molar-refractivity contribution < 1.29 is 44.0 Å². The van der Waals surface area contributed by atoms with Crippen molar-refractivity contribution in [2.45, 2.75) is 82.4 Å². The number of non-ortho nitro benzene ring substituents is 2. The fraction of sp³-hybridized carbons (Fsp3) is 0.400. The highest BCUT2D eigenvalue weighted by Crippen LogP contribution is 2.18. The van der Waals surface area contributed by atoms with Crippen molar-refractivity contribution in [3.05, 3.63) is 106 Å². The van der Waals surface area contributed by atoms with Gasteiger partial charge in [-0.3, -0.25) is 20.2 Å². The predicted molar refractivity (Wildman–Crippen MR) is 154 cm³/mol. The number of halogens is 1. The monoisotopic (exact) mass is 696 g/mol. The Hall–Kier alpha value is -2.90. The lowest BCUT2D eigenvalue weighted by molar-refractivity contribution is -0.598. The molecule has 0 fully saturated rings. The van der Waals surface area contributed by atoms with Crippen molar-refractivity contribution in [3.8, 4) is 0 Å². The smallest absolute Gasteiger partial charge is 0.358 e. The van der Waals surface area contributed by atoms with Crippen LogP contribution in [-0.4, -0.2) is 22.8 Å². The molecule has 0 saturated heterocycles. The van der Waals surface area contributed by atoms with Gasteiger partial charge in [0.2, 0.25) is 7.14 Å². The molecule has 3 rings (SSSR count). The van der Waals surface area contributed by atoms with Gasteiger partial charge in [-0.2, -0.15) is 0 Å². The van der Waals surface area contributed by atoms with Gasteiger partial charge >= 0.3 is 21.2 Å². The SMILES string of the molecule is CCCCCCCCCCCCc1ccccc1S(=O)(=O)[O-].O=[N+]([O-])c1cccc([I+]c2cccc([N+](=O)[O-])c2)c1. The minimum absolute atomic E-state index is 0.0441. The summed E-state index contributed by atoms with van der Waals surface area (Å²) in [5.74, 6) is 0. The number of unbranched alkanes of at least 4 members (excludes halogenated alkanes) is 9. The van der Waals surface area contributed by atoms with Gasteiger partial charge in [-0.25, -0.2) is 8.42 Å². The third-order valence-electron chi connectivity index (χ3n) is 6.30. The first-order valence-corrected chi connectivity index (χ1v) is 17.4. The van der Waals surface area contributed by atoms with Crippen LogP contribution in [0.1, 0.15) is 76.7 Å². The van der Waals surface area contributed by atoms with Crippen molar-refractivity contribution >= 4 is 21.5 Å². The Morgan fingerprint density at radius 1 is 0.659 bits per heavy atom. The van der Waals surface area contributed by atoms with Crippen LogP contribution in [-0.2, 0) is 16.5 Å². The van der Waals surface area contributed by atoms with Gasteiger partial charge in [0, 0.05) is 12.1 Å². The van der Waals surface area contributed by atoms with E-state index in [1.807, 2.05) is 0 Å². The molecule has 0 radical (unpaired) electrons.